The smallest absolute Gasteiger partial charge is 0.258 e. The quantitative estimate of drug-likeness (QED) is 0.604. The molecule has 1 amide bonds. The van der Waals surface area contributed by atoms with E-state index in [0.29, 0.717) is 18.9 Å². The molecule has 0 saturated carbocycles. The number of ether oxygens (including phenoxy) is 2. The van der Waals surface area contributed by atoms with Crippen LogP contribution < -0.4 is 14.8 Å². The molecule has 0 bridgehead atoms. The first-order valence-corrected chi connectivity index (χ1v) is 9.67. The molecule has 0 radical (unpaired) electrons. The molecule has 140 valence electrons. The lowest BCUT2D eigenvalue weighted by molar-refractivity contribution is -0.123. The molecule has 0 heterocycles. The van der Waals surface area contributed by atoms with Gasteiger partial charge >= 0.3 is 0 Å². The Morgan fingerprint density at radius 3 is 2.31 bits per heavy atom. The van der Waals surface area contributed by atoms with E-state index in [1.165, 1.54) is 5.56 Å². The summed E-state index contributed by atoms with van der Waals surface area (Å²) < 4.78 is 12.3. The van der Waals surface area contributed by atoms with Gasteiger partial charge in [0, 0.05) is 4.47 Å². The third-order valence-electron chi connectivity index (χ3n) is 3.93. The normalized spacial score (nSPS) is 10.5. The van der Waals surface area contributed by atoms with Gasteiger partial charge in [0.25, 0.3) is 5.91 Å². The molecule has 1 N–H and O–H groups in total. The third-order valence-corrected chi connectivity index (χ3v) is 5.19. The number of halogens is 1. The Hall–Kier alpha value is -2.01. The Balaban J connectivity index is 1.67. The van der Waals surface area contributed by atoms with Crippen molar-refractivity contribution in [3.63, 3.8) is 0 Å². The van der Waals surface area contributed by atoms with Gasteiger partial charge in [-0.05, 0) is 61.2 Å². The molecule has 4 nitrogen and oxygen atoms in total. The van der Waals surface area contributed by atoms with E-state index in [2.05, 4.69) is 40.3 Å². The van der Waals surface area contributed by atoms with Gasteiger partial charge in [0.2, 0.25) is 0 Å². The minimum absolute atomic E-state index is 0.00771. The van der Waals surface area contributed by atoms with Gasteiger partial charge < -0.3 is 14.8 Å². The molecule has 0 aliphatic heterocycles. The van der Waals surface area contributed by atoms with Crippen LogP contribution in [-0.2, 0) is 11.2 Å². The van der Waals surface area contributed by atoms with E-state index < -0.39 is 0 Å². The molecule has 2 rings (SSSR count). The summed E-state index contributed by atoms with van der Waals surface area (Å²) in [4.78, 5) is 11.9. The molecular formula is C21H26BrNO3. The Kier molecular flexibility index (Phi) is 7.98. The molecular weight excluding hydrogens is 394 g/mol. The monoisotopic (exact) mass is 419 g/mol. The molecule has 0 aromatic heterocycles. The first-order chi connectivity index (χ1) is 12.5. The van der Waals surface area contributed by atoms with E-state index in [4.69, 9.17) is 9.47 Å². The lowest BCUT2D eigenvalue weighted by Gasteiger charge is -2.11. The number of aryl methyl sites for hydroxylation is 3. The van der Waals surface area contributed by atoms with E-state index in [1.807, 2.05) is 38.1 Å². The minimum atomic E-state index is -0.162. The maximum atomic E-state index is 11.9. The maximum Gasteiger partial charge on any atom is 0.258 e. The summed E-state index contributed by atoms with van der Waals surface area (Å²) in [6.07, 6.45) is 2.21. The summed E-state index contributed by atoms with van der Waals surface area (Å²) in [6, 6.07) is 11.9. The highest BCUT2D eigenvalue weighted by Gasteiger charge is 2.06. The average molecular weight is 420 g/mol. The number of hydrogen-bond acceptors (Lipinski definition) is 3. The fourth-order valence-electron chi connectivity index (χ4n) is 2.59. The van der Waals surface area contributed by atoms with Crippen molar-refractivity contribution < 1.29 is 14.3 Å². The van der Waals surface area contributed by atoms with E-state index in [9.17, 15) is 4.79 Å². The van der Waals surface area contributed by atoms with Crippen molar-refractivity contribution in [2.45, 2.75) is 33.6 Å². The van der Waals surface area contributed by atoms with Gasteiger partial charge in [0.05, 0.1) is 6.54 Å². The van der Waals surface area contributed by atoms with Crippen LogP contribution in [0.15, 0.2) is 40.9 Å². The van der Waals surface area contributed by atoms with E-state index in [-0.39, 0.29) is 12.5 Å². The molecule has 0 aliphatic carbocycles. The van der Waals surface area contributed by atoms with Crippen molar-refractivity contribution in [1.82, 2.24) is 5.32 Å². The van der Waals surface area contributed by atoms with Gasteiger partial charge in [-0.3, -0.25) is 4.79 Å². The number of benzene rings is 2. The number of carbonyl (C=O) groups excluding carboxylic acids is 1. The van der Waals surface area contributed by atoms with Crippen LogP contribution in [0.1, 0.15) is 30.0 Å². The van der Waals surface area contributed by atoms with Gasteiger partial charge in [-0.25, -0.2) is 0 Å². The predicted octanol–water partition coefficient (Wildman–Crippen LogP) is 4.59. The summed E-state index contributed by atoms with van der Waals surface area (Å²) >= 11 is 3.52. The zero-order valence-electron chi connectivity index (χ0n) is 15.6. The number of rotatable bonds is 9. The standard InChI is InChI=1S/C21H26BrNO3/c1-4-5-17-6-8-18(9-7-17)25-11-10-23-20(24)14-26-19-12-15(2)21(22)16(3)13-19/h6-9,12-13H,4-5,10-11,14H2,1-3H3,(H,23,24). The Labute approximate surface area is 164 Å². The van der Waals surface area contributed by atoms with Gasteiger partial charge in [-0.15, -0.1) is 0 Å². The molecule has 0 aliphatic rings. The second-order valence-electron chi connectivity index (χ2n) is 6.25. The largest absolute Gasteiger partial charge is 0.492 e. The maximum absolute atomic E-state index is 11.9. The number of nitrogens with one attached hydrogen (secondary N) is 1. The average Bonchev–Trinajstić information content (AvgIpc) is 2.63. The van der Waals surface area contributed by atoms with Crippen LogP contribution in [0.2, 0.25) is 0 Å². The van der Waals surface area contributed by atoms with Crippen LogP contribution in [0, 0.1) is 13.8 Å². The molecule has 0 saturated heterocycles. The van der Waals surface area contributed by atoms with Crippen molar-refractivity contribution >= 4 is 21.8 Å². The fourth-order valence-corrected chi connectivity index (χ4v) is 2.82. The molecule has 26 heavy (non-hydrogen) atoms. The highest BCUT2D eigenvalue weighted by atomic mass is 79.9. The zero-order valence-corrected chi connectivity index (χ0v) is 17.2. The first kappa shape index (κ1) is 20.3. The molecule has 0 atom stereocenters. The van der Waals surface area contributed by atoms with Crippen LogP contribution in [-0.4, -0.2) is 25.7 Å². The number of hydrogen-bond donors (Lipinski definition) is 1. The van der Waals surface area contributed by atoms with Gasteiger partial charge in [-0.2, -0.15) is 0 Å². The van der Waals surface area contributed by atoms with Crippen LogP contribution in [0.25, 0.3) is 0 Å². The summed E-state index contributed by atoms with van der Waals surface area (Å²) in [5, 5.41) is 2.80. The van der Waals surface area contributed by atoms with Gasteiger partial charge in [0.1, 0.15) is 18.1 Å². The van der Waals surface area contributed by atoms with Crippen molar-refractivity contribution in [3.05, 3.63) is 57.6 Å². The molecule has 0 spiro atoms. The second-order valence-corrected chi connectivity index (χ2v) is 7.05. The SMILES string of the molecule is CCCc1ccc(OCCNC(=O)COc2cc(C)c(Br)c(C)c2)cc1. The summed E-state index contributed by atoms with van der Waals surface area (Å²) in [6.45, 7) is 7.01. The molecule has 2 aromatic carbocycles. The highest BCUT2D eigenvalue weighted by Crippen LogP contribution is 2.26. The Morgan fingerprint density at radius 2 is 1.69 bits per heavy atom. The molecule has 0 fully saturated rings. The summed E-state index contributed by atoms with van der Waals surface area (Å²) in [5.41, 5.74) is 3.47. The Bertz CT molecular complexity index is 706. The third kappa shape index (κ3) is 6.37. The van der Waals surface area contributed by atoms with Gasteiger partial charge in [0.15, 0.2) is 6.61 Å². The fraction of sp³-hybridized carbons (Fsp3) is 0.381. The van der Waals surface area contributed by atoms with Crippen LogP contribution in [0.4, 0.5) is 0 Å². The van der Waals surface area contributed by atoms with E-state index in [1.54, 1.807) is 0 Å². The van der Waals surface area contributed by atoms with Gasteiger partial charge in [-0.1, -0.05) is 41.4 Å². The second kappa shape index (κ2) is 10.2. The molecule has 5 heteroatoms. The lowest BCUT2D eigenvalue weighted by atomic mass is 10.1. The highest BCUT2D eigenvalue weighted by molar-refractivity contribution is 9.10. The topological polar surface area (TPSA) is 47.6 Å². The van der Waals surface area contributed by atoms with Crippen molar-refractivity contribution in [3.8, 4) is 11.5 Å². The van der Waals surface area contributed by atoms with Crippen molar-refractivity contribution in [2.24, 2.45) is 0 Å². The van der Waals surface area contributed by atoms with Crippen molar-refractivity contribution in [2.75, 3.05) is 19.8 Å². The van der Waals surface area contributed by atoms with Crippen LogP contribution in [0.3, 0.4) is 0 Å². The van der Waals surface area contributed by atoms with Crippen molar-refractivity contribution in [1.29, 1.82) is 0 Å². The lowest BCUT2D eigenvalue weighted by Crippen LogP contribution is -2.32. The predicted molar refractivity (Wildman–Crippen MR) is 108 cm³/mol. The zero-order chi connectivity index (χ0) is 18.9. The van der Waals surface area contributed by atoms with Crippen LogP contribution >= 0.6 is 15.9 Å². The number of carbonyl (C=O) groups is 1. The minimum Gasteiger partial charge on any atom is -0.492 e. The first-order valence-electron chi connectivity index (χ1n) is 8.87. The molecule has 0 unspecified atom stereocenters. The summed E-state index contributed by atoms with van der Waals surface area (Å²) in [5.74, 6) is 1.35. The van der Waals surface area contributed by atoms with Crippen LogP contribution in [0.5, 0.6) is 11.5 Å². The molecule has 2 aromatic rings. The number of amides is 1. The van der Waals surface area contributed by atoms with E-state index >= 15 is 0 Å². The van der Waals surface area contributed by atoms with E-state index in [0.717, 1.165) is 34.2 Å². The summed E-state index contributed by atoms with van der Waals surface area (Å²) in [7, 11) is 0. The Morgan fingerprint density at radius 1 is 1.04 bits per heavy atom.